The van der Waals surface area contributed by atoms with Gasteiger partial charge in [-0.15, -0.1) is 0 Å². The maximum absolute atomic E-state index is 12.6. The molecule has 2 rings (SSSR count). The van der Waals surface area contributed by atoms with Crippen LogP contribution in [0.1, 0.15) is 47.4 Å². The Kier molecular flexibility index (Phi) is 6.95. The molecule has 5 nitrogen and oxygen atoms in total. The van der Waals surface area contributed by atoms with Crippen molar-refractivity contribution in [2.45, 2.75) is 26.7 Å². The summed E-state index contributed by atoms with van der Waals surface area (Å²) in [6.07, 6.45) is 4.72. The van der Waals surface area contributed by atoms with Gasteiger partial charge in [0.25, 0.3) is 11.8 Å². The average molecular weight is 360 g/mol. The van der Waals surface area contributed by atoms with Gasteiger partial charge in [-0.3, -0.25) is 14.6 Å². The first kappa shape index (κ1) is 18.9. The van der Waals surface area contributed by atoms with Crippen LogP contribution in [-0.4, -0.2) is 34.8 Å². The highest BCUT2D eigenvalue weighted by Gasteiger charge is 2.16. The van der Waals surface area contributed by atoms with Crippen molar-refractivity contribution >= 4 is 29.1 Å². The summed E-state index contributed by atoms with van der Waals surface area (Å²) in [5.41, 5.74) is 1.39. The fraction of sp³-hybridized carbons (Fsp3) is 0.316. The summed E-state index contributed by atoms with van der Waals surface area (Å²) in [6, 6.07) is 8.41. The largest absolute Gasteiger partial charge is 0.339 e. The molecule has 0 unspecified atom stereocenters. The van der Waals surface area contributed by atoms with E-state index in [1.54, 1.807) is 35.2 Å². The van der Waals surface area contributed by atoms with E-state index in [4.69, 9.17) is 11.6 Å². The van der Waals surface area contributed by atoms with E-state index in [-0.39, 0.29) is 11.8 Å². The predicted molar refractivity (Wildman–Crippen MR) is 100 cm³/mol. The van der Waals surface area contributed by atoms with Crippen LogP contribution in [0.25, 0.3) is 0 Å². The standard InChI is InChI=1S/C19H22ClN3O2/c1-3-9-23(10-4-2)19(25)15-11-14(12-21-13-15)18(24)22-17-7-5-16(20)6-8-17/h5-8,11-13H,3-4,9-10H2,1-2H3,(H,22,24). The Labute approximate surface area is 153 Å². The SMILES string of the molecule is CCCN(CCC)C(=O)c1cncc(C(=O)Nc2ccc(Cl)cc2)c1. The van der Waals surface area contributed by atoms with Gasteiger partial charge in [0.2, 0.25) is 0 Å². The van der Waals surface area contributed by atoms with Crippen molar-refractivity contribution in [3.63, 3.8) is 0 Å². The van der Waals surface area contributed by atoms with E-state index in [1.807, 2.05) is 13.8 Å². The van der Waals surface area contributed by atoms with Gasteiger partial charge in [0.05, 0.1) is 11.1 Å². The Morgan fingerprint density at radius 3 is 2.24 bits per heavy atom. The van der Waals surface area contributed by atoms with Crippen LogP contribution < -0.4 is 5.32 Å². The Hall–Kier alpha value is -2.40. The minimum absolute atomic E-state index is 0.0997. The molecule has 1 aromatic carbocycles. The van der Waals surface area contributed by atoms with E-state index in [0.717, 1.165) is 12.8 Å². The number of anilines is 1. The molecule has 0 saturated carbocycles. The molecule has 0 atom stereocenters. The number of halogens is 1. The zero-order chi connectivity index (χ0) is 18.2. The van der Waals surface area contributed by atoms with Gasteiger partial charge in [0.15, 0.2) is 0 Å². The van der Waals surface area contributed by atoms with Crippen LogP contribution in [0.15, 0.2) is 42.7 Å². The van der Waals surface area contributed by atoms with E-state index in [0.29, 0.717) is 34.9 Å². The van der Waals surface area contributed by atoms with Crippen LogP contribution in [0.2, 0.25) is 5.02 Å². The van der Waals surface area contributed by atoms with Gasteiger partial charge in [-0.05, 0) is 43.2 Å². The maximum Gasteiger partial charge on any atom is 0.257 e. The molecule has 0 aliphatic rings. The van der Waals surface area contributed by atoms with Gasteiger partial charge in [-0.1, -0.05) is 25.4 Å². The quantitative estimate of drug-likeness (QED) is 0.803. The third-order valence-electron chi connectivity index (χ3n) is 3.62. The average Bonchev–Trinajstić information content (AvgIpc) is 2.63. The molecule has 0 radical (unpaired) electrons. The number of carbonyl (C=O) groups excluding carboxylic acids is 2. The molecule has 1 aromatic heterocycles. The summed E-state index contributed by atoms with van der Waals surface area (Å²) in [4.78, 5) is 30.9. The van der Waals surface area contributed by atoms with Crippen molar-refractivity contribution in [1.82, 2.24) is 9.88 Å². The molecule has 0 saturated heterocycles. The van der Waals surface area contributed by atoms with Crippen molar-refractivity contribution in [2.75, 3.05) is 18.4 Å². The lowest BCUT2D eigenvalue weighted by Crippen LogP contribution is -2.32. The highest BCUT2D eigenvalue weighted by molar-refractivity contribution is 6.30. The molecule has 1 N–H and O–H groups in total. The number of carbonyl (C=O) groups is 2. The second-order valence-electron chi connectivity index (χ2n) is 5.72. The summed E-state index contributed by atoms with van der Waals surface area (Å²) in [7, 11) is 0. The van der Waals surface area contributed by atoms with Crippen LogP contribution in [0.5, 0.6) is 0 Å². The van der Waals surface area contributed by atoms with Crippen molar-refractivity contribution in [2.24, 2.45) is 0 Å². The first-order chi connectivity index (χ1) is 12.0. The van der Waals surface area contributed by atoms with Crippen LogP contribution >= 0.6 is 11.6 Å². The zero-order valence-corrected chi connectivity index (χ0v) is 15.2. The molecular weight excluding hydrogens is 338 g/mol. The number of benzene rings is 1. The van der Waals surface area contributed by atoms with Crippen LogP contribution in [-0.2, 0) is 0 Å². The normalized spacial score (nSPS) is 10.4. The first-order valence-corrected chi connectivity index (χ1v) is 8.74. The molecule has 0 aliphatic carbocycles. The zero-order valence-electron chi connectivity index (χ0n) is 14.5. The van der Waals surface area contributed by atoms with Gasteiger partial charge >= 0.3 is 0 Å². The number of nitrogens with zero attached hydrogens (tertiary/aromatic N) is 2. The summed E-state index contributed by atoms with van der Waals surface area (Å²) >= 11 is 5.84. The number of aromatic nitrogens is 1. The van der Waals surface area contributed by atoms with Crippen LogP contribution in [0, 0.1) is 0 Å². The minimum Gasteiger partial charge on any atom is -0.339 e. The van der Waals surface area contributed by atoms with E-state index in [2.05, 4.69) is 10.3 Å². The molecule has 25 heavy (non-hydrogen) atoms. The number of rotatable bonds is 7. The van der Waals surface area contributed by atoms with E-state index >= 15 is 0 Å². The predicted octanol–water partition coefficient (Wildman–Crippen LogP) is 4.25. The van der Waals surface area contributed by atoms with Crippen molar-refractivity contribution in [3.05, 3.63) is 58.9 Å². The van der Waals surface area contributed by atoms with Gasteiger partial charge in [-0.2, -0.15) is 0 Å². The second kappa shape index (κ2) is 9.18. The van der Waals surface area contributed by atoms with Crippen molar-refractivity contribution in [3.8, 4) is 0 Å². The number of amides is 2. The summed E-state index contributed by atoms with van der Waals surface area (Å²) in [6.45, 7) is 5.44. The highest BCUT2D eigenvalue weighted by Crippen LogP contribution is 2.15. The number of nitrogens with one attached hydrogen (secondary N) is 1. The van der Waals surface area contributed by atoms with Crippen LogP contribution in [0.4, 0.5) is 5.69 Å². The molecular formula is C19H22ClN3O2. The maximum atomic E-state index is 12.6. The molecule has 2 aromatic rings. The van der Waals surface area contributed by atoms with Crippen LogP contribution in [0.3, 0.4) is 0 Å². The molecule has 1 heterocycles. The fourth-order valence-corrected chi connectivity index (χ4v) is 2.58. The monoisotopic (exact) mass is 359 g/mol. The second-order valence-corrected chi connectivity index (χ2v) is 6.15. The summed E-state index contributed by atoms with van der Waals surface area (Å²) < 4.78 is 0. The lowest BCUT2D eigenvalue weighted by molar-refractivity contribution is 0.0755. The molecule has 2 amide bonds. The van der Waals surface area contributed by atoms with Crippen molar-refractivity contribution < 1.29 is 9.59 Å². The Morgan fingerprint density at radius 2 is 1.64 bits per heavy atom. The van der Waals surface area contributed by atoms with E-state index < -0.39 is 0 Å². The number of hydrogen-bond donors (Lipinski definition) is 1. The molecule has 0 bridgehead atoms. The smallest absolute Gasteiger partial charge is 0.257 e. The van der Waals surface area contributed by atoms with Gasteiger partial charge < -0.3 is 10.2 Å². The van der Waals surface area contributed by atoms with E-state index in [1.165, 1.54) is 12.4 Å². The minimum atomic E-state index is -0.318. The highest BCUT2D eigenvalue weighted by atomic mass is 35.5. The molecule has 6 heteroatoms. The fourth-order valence-electron chi connectivity index (χ4n) is 2.45. The Balaban J connectivity index is 2.15. The molecule has 0 spiro atoms. The third kappa shape index (κ3) is 5.29. The van der Waals surface area contributed by atoms with Gasteiger partial charge in [0, 0.05) is 36.2 Å². The van der Waals surface area contributed by atoms with Gasteiger partial charge in [-0.25, -0.2) is 0 Å². The summed E-state index contributed by atoms with van der Waals surface area (Å²) in [5.74, 6) is -0.417. The summed E-state index contributed by atoms with van der Waals surface area (Å²) in [5, 5.41) is 3.37. The molecule has 0 fully saturated rings. The number of hydrogen-bond acceptors (Lipinski definition) is 3. The van der Waals surface area contributed by atoms with Gasteiger partial charge in [0.1, 0.15) is 0 Å². The first-order valence-electron chi connectivity index (χ1n) is 8.36. The lowest BCUT2D eigenvalue weighted by Gasteiger charge is -2.21. The molecule has 132 valence electrons. The van der Waals surface area contributed by atoms with Crippen molar-refractivity contribution in [1.29, 1.82) is 0 Å². The lowest BCUT2D eigenvalue weighted by atomic mass is 10.1. The Bertz CT molecular complexity index is 726. The number of pyridine rings is 1. The Morgan fingerprint density at radius 1 is 1.04 bits per heavy atom. The molecule has 0 aliphatic heterocycles. The third-order valence-corrected chi connectivity index (χ3v) is 3.88. The van der Waals surface area contributed by atoms with E-state index in [9.17, 15) is 9.59 Å². The topological polar surface area (TPSA) is 62.3 Å².